The first-order valence-corrected chi connectivity index (χ1v) is 6.99. The van der Waals surface area contributed by atoms with E-state index in [1.807, 2.05) is 0 Å². The maximum atomic E-state index is 12.5. The molecule has 0 spiro atoms. The summed E-state index contributed by atoms with van der Waals surface area (Å²) in [5.41, 5.74) is 3.43. The molecule has 114 valence electrons. The Hall–Kier alpha value is -1.20. The first-order valence-electron chi connectivity index (χ1n) is 4.68. The summed E-state index contributed by atoms with van der Waals surface area (Å²) in [5, 5.41) is 0. The Bertz CT molecular complexity index is 605. The molecule has 1 heterocycles. The lowest BCUT2D eigenvalue weighted by Gasteiger charge is -2.14. The van der Waals surface area contributed by atoms with Crippen molar-refractivity contribution in [3.8, 4) is 5.88 Å². The Morgan fingerprint density at radius 3 is 2.30 bits per heavy atom. The molecule has 12 heteroatoms. The van der Waals surface area contributed by atoms with Crippen molar-refractivity contribution in [2.75, 3.05) is 0 Å². The van der Waals surface area contributed by atoms with Gasteiger partial charge in [0.2, 0.25) is 5.88 Å². The minimum atomic E-state index is -5.34. The smallest absolute Gasteiger partial charge is 0.386 e. The number of pyridine rings is 1. The van der Waals surface area contributed by atoms with Crippen molar-refractivity contribution >= 4 is 19.7 Å². The molecular weight excluding hydrogens is 335 g/mol. The van der Waals surface area contributed by atoms with Crippen LogP contribution >= 0.6 is 10.7 Å². The zero-order chi connectivity index (χ0) is 15.7. The van der Waals surface area contributed by atoms with Crippen LogP contribution in [0.2, 0.25) is 0 Å². The van der Waals surface area contributed by atoms with Crippen molar-refractivity contribution < 1.29 is 35.1 Å². The minimum absolute atomic E-state index is 0.545. The summed E-state index contributed by atoms with van der Waals surface area (Å²) < 4.78 is 87.3. The van der Waals surface area contributed by atoms with Gasteiger partial charge >= 0.3 is 6.36 Å². The van der Waals surface area contributed by atoms with Gasteiger partial charge in [-0.15, -0.1) is 13.2 Å². The number of hydrogen-bond acceptors (Lipinski definition) is 5. The van der Waals surface area contributed by atoms with E-state index in [1.165, 1.54) is 0 Å². The molecule has 0 radical (unpaired) electrons. The summed E-state index contributed by atoms with van der Waals surface area (Å²) in [6.45, 7) is -0.655. The monoisotopic (exact) mass is 340 g/mol. The average Bonchev–Trinajstić information content (AvgIpc) is 2.23. The molecule has 0 aliphatic heterocycles. The van der Waals surface area contributed by atoms with E-state index in [2.05, 4.69) is 9.72 Å². The normalized spacial score (nSPS) is 12.8. The molecule has 1 aromatic rings. The fourth-order valence-electron chi connectivity index (χ4n) is 1.28. The van der Waals surface area contributed by atoms with E-state index in [0.717, 1.165) is 0 Å². The summed E-state index contributed by atoms with van der Waals surface area (Å²) in [7, 11) is 0.219. The van der Waals surface area contributed by atoms with E-state index in [0.29, 0.717) is 6.07 Å². The van der Waals surface area contributed by atoms with Gasteiger partial charge < -0.3 is 10.5 Å². The highest BCUT2D eigenvalue weighted by atomic mass is 35.7. The molecule has 1 aromatic heterocycles. The summed E-state index contributed by atoms with van der Waals surface area (Å²) in [4.78, 5) is 1.63. The van der Waals surface area contributed by atoms with Gasteiger partial charge in [-0.3, -0.25) is 0 Å². The topological polar surface area (TPSA) is 82.3 Å². The van der Waals surface area contributed by atoms with Gasteiger partial charge in [-0.25, -0.2) is 22.2 Å². The third-order valence-electron chi connectivity index (χ3n) is 1.94. The highest BCUT2D eigenvalue weighted by Gasteiger charge is 2.36. The number of aromatic nitrogens is 1. The van der Waals surface area contributed by atoms with Gasteiger partial charge in [0.1, 0.15) is 10.6 Å². The quantitative estimate of drug-likeness (QED) is 0.672. The van der Waals surface area contributed by atoms with Crippen LogP contribution in [0.3, 0.4) is 0 Å². The average molecular weight is 341 g/mol. The molecule has 0 fully saturated rings. The van der Waals surface area contributed by atoms with Crippen LogP contribution in [0.25, 0.3) is 0 Å². The van der Waals surface area contributed by atoms with Gasteiger partial charge in [0.05, 0.1) is 0 Å². The van der Waals surface area contributed by atoms with Crippen LogP contribution < -0.4 is 10.5 Å². The molecule has 0 aromatic carbocycles. The van der Waals surface area contributed by atoms with E-state index in [-0.39, 0.29) is 0 Å². The first-order chi connectivity index (χ1) is 8.95. The second-order valence-corrected chi connectivity index (χ2v) is 5.83. The van der Waals surface area contributed by atoms with Crippen LogP contribution in [0.1, 0.15) is 17.7 Å². The molecule has 0 aliphatic rings. The molecule has 0 saturated heterocycles. The predicted octanol–water partition coefficient (Wildman–Crippen LogP) is 2.30. The van der Waals surface area contributed by atoms with Crippen LogP contribution in [0.15, 0.2) is 11.0 Å². The highest BCUT2D eigenvalue weighted by molar-refractivity contribution is 8.13. The van der Waals surface area contributed by atoms with Crippen LogP contribution in [0.5, 0.6) is 5.88 Å². The Kier molecular flexibility index (Phi) is 4.77. The second-order valence-electron chi connectivity index (χ2n) is 3.33. The van der Waals surface area contributed by atoms with Gasteiger partial charge in [-0.2, -0.15) is 0 Å². The fourth-order valence-corrected chi connectivity index (χ4v) is 2.53. The number of nitrogens with two attached hydrogens (primary N) is 1. The standard InChI is InChI=1S/C8H6ClF5N2O3S/c9-20(17,18)5-3(2-15)1-4(6(10)11)16-7(5)19-8(12,13)14/h1,6H,2,15H2. The third-order valence-corrected chi connectivity index (χ3v) is 3.33. The van der Waals surface area contributed by atoms with Crippen LogP contribution in [-0.2, 0) is 15.6 Å². The van der Waals surface area contributed by atoms with E-state index >= 15 is 0 Å². The number of hydrogen-bond donors (Lipinski definition) is 1. The largest absolute Gasteiger partial charge is 0.574 e. The Labute approximate surface area is 113 Å². The van der Waals surface area contributed by atoms with Crippen molar-refractivity contribution in [2.45, 2.75) is 24.2 Å². The summed E-state index contributed by atoms with van der Waals surface area (Å²) in [6.07, 6.45) is -8.58. The third kappa shape index (κ3) is 4.15. The lowest BCUT2D eigenvalue weighted by atomic mass is 10.2. The zero-order valence-corrected chi connectivity index (χ0v) is 10.9. The van der Waals surface area contributed by atoms with Gasteiger partial charge in [0, 0.05) is 17.2 Å². The number of rotatable bonds is 4. The van der Waals surface area contributed by atoms with Gasteiger partial charge in [0.25, 0.3) is 15.5 Å². The molecule has 0 amide bonds. The maximum Gasteiger partial charge on any atom is 0.574 e. The van der Waals surface area contributed by atoms with Gasteiger partial charge in [-0.1, -0.05) is 0 Å². The minimum Gasteiger partial charge on any atom is -0.386 e. The lowest BCUT2D eigenvalue weighted by Crippen LogP contribution is -2.21. The van der Waals surface area contributed by atoms with E-state index in [1.54, 1.807) is 0 Å². The van der Waals surface area contributed by atoms with Crippen molar-refractivity contribution in [3.05, 3.63) is 17.3 Å². The number of halogens is 6. The van der Waals surface area contributed by atoms with Crippen molar-refractivity contribution in [3.63, 3.8) is 0 Å². The van der Waals surface area contributed by atoms with E-state index in [9.17, 15) is 30.4 Å². The Morgan fingerprint density at radius 2 is 1.95 bits per heavy atom. The molecule has 0 atom stereocenters. The van der Waals surface area contributed by atoms with Crippen LogP contribution in [0, 0.1) is 0 Å². The number of ether oxygens (including phenoxy) is 1. The Morgan fingerprint density at radius 1 is 1.40 bits per heavy atom. The molecule has 0 saturated carbocycles. The molecule has 2 N–H and O–H groups in total. The van der Waals surface area contributed by atoms with Crippen molar-refractivity contribution in [1.29, 1.82) is 0 Å². The lowest BCUT2D eigenvalue weighted by molar-refractivity contribution is -0.277. The fraction of sp³-hybridized carbons (Fsp3) is 0.375. The zero-order valence-electron chi connectivity index (χ0n) is 9.29. The summed E-state index contributed by atoms with van der Waals surface area (Å²) >= 11 is 0. The molecule has 0 unspecified atom stereocenters. The van der Waals surface area contributed by atoms with Gasteiger partial charge in [0.15, 0.2) is 0 Å². The van der Waals surface area contributed by atoms with E-state index < -0.39 is 50.4 Å². The van der Waals surface area contributed by atoms with Crippen molar-refractivity contribution in [2.24, 2.45) is 5.73 Å². The van der Waals surface area contributed by atoms with E-state index in [4.69, 9.17) is 16.4 Å². The van der Waals surface area contributed by atoms with Gasteiger partial charge in [-0.05, 0) is 11.6 Å². The molecule has 20 heavy (non-hydrogen) atoms. The summed E-state index contributed by atoms with van der Waals surface area (Å²) in [6, 6.07) is 0.545. The molecule has 0 bridgehead atoms. The van der Waals surface area contributed by atoms with Crippen molar-refractivity contribution in [1.82, 2.24) is 4.98 Å². The van der Waals surface area contributed by atoms with Crippen LogP contribution in [-0.4, -0.2) is 19.8 Å². The number of nitrogens with zero attached hydrogens (tertiary/aromatic N) is 1. The highest BCUT2D eigenvalue weighted by Crippen LogP contribution is 2.35. The summed E-state index contributed by atoms with van der Waals surface area (Å²) in [5.74, 6) is -1.59. The molecule has 5 nitrogen and oxygen atoms in total. The second kappa shape index (κ2) is 5.66. The SMILES string of the molecule is NCc1cc(C(F)F)nc(OC(F)(F)F)c1S(=O)(=O)Cl. The predicted molar refractivity (Wildman–Crippen MR) is 56.8 cm³/mol. The molecular formula is C8H6ClF5N2O3S. The molecule has 1 rings (SSSR count). The molecule has 0 aliphatic carbocycles. The first kappa shape index (κ1) is 16.9. The van der Waals surface area contributed by atoms with Crippen LogP contribution in [0.4, 0.5) is 22.0 Å². The Balaban J connectivity index is 3.62. The maximum absolute atomic E-state index is 12.5. The number of alkyl halides is 5.